The minimum atomic E-state index is -0.483. The second-order valence-corrected chi connectivity index (χ2v) is 6.48. The summed E-state index contributed by atoms with van der Waals surface area (Å²) in [5, 5.41) is 5.70. The minimum Gasteiger partial charge on any atom is -0.357 e. The Balaban J connectivity index is 1.49. The Morgan fingerprint density at radius 3 is 2.72 bits per heavy atom. The van der Waals surface area contributed by atoms with E-state index in [0.29, 0.717) is 11.4 Å². The second kappa shape index (κ2) is 6.55. The van der Waals surface area contributed by atoms with Crippen LogP contribution in [-0.2, 0) is 9.59 Å². The van der Waals surface area contributed by atoms with Crippen molar-refractivity contribution in [2.45, 2.75) is 25.2 Å². The molecule has 0 radical (unpaired) electrons. The van der Waals surface area contributed by atoms with Crippen molar-refractivity contribution in [2.75, 3.05) is 28.6 Å². The zero-order valence-electron chi connectivity index (χ0n) is 13.9. The molecular weight excluding hydrogens is 316 g/mol. The van der Waals surface area contributed by atoms with Gasteiger partial charge in [0.1, 0.15) is 5.82 Å². The number of aromatic nitrogens is 1. The van der Waals surface area contributed by atoms with Crippen molar-refractivity contribution in [1.29, 1.82) is 0 Å². The average molecular weight is 336 g/mol. The first-order chi connectivity index (χ1) is 12.2. The molecule has 0 unspecified atom stereocenters. The summed E-state index contributed by atoms with van der Waals surface area (Å²) in [6, 6.07) is 11.2. The Morgan fingerprint density at radius 2 is 1.96 bits per heavy atom. The molecule has 1 saturated heterocycles. The van der Waals surface area contributed by atoms with E-state index in [2.05, 4.69) is 20.5 Å². The van der Waals surface area contributed by atoms with Crippen LogP contribution in [0, 0.1) is 0 Å². The van der Waals surface area contributed by atoms with Crippen LogP contribution in [0.4, 0.5) is 17.2 Å². The van der Waals surface area contributed by atoms with Crippen molar-refractivity contribution in [1.82, 2.24) is 4.98 Å². The van der Waals surface area contributed by atoms with E-state index in [1.165, 1.54) is 12.8 Å². The fraction of sp³-hybridized carbons (Fsp3) is 0.316. The Kier molecular flexibility index (Phi) is 4.09. The average Bonchev–Trinajstić information content (AvgIpc) is 3.16. The summed E-state index contributed by atoms with van der Waals surface area (Å²) in [7, 11) is 0. The highest BCUT2D eigenvalue weighted by Gasteiger charge is 2.30. The molecule has 0 aliphatic carbocycles. The molecule has 1 aromatic carbocycles. The maximum atomic E-state index is 12.7. The molecule has 3 heterocycles. The third-order valence-corrected chi connectivity index (χ3v) is 4.76. The van der Waals surface area contributed by atoms with Crippen LogP contribution < -0.4 is 15.5 Å². The number of fused-ring (bicyclic) bond motifs is 1. The maximum Gasteiger partial charge on any atom is 0.232 e. The van der Waals surface area contributed by atoms with Gasteiger partial charge >= 0.3 is 0 Å². The molecule has 6 heteroatoms. The normalized spacial score (nSPS) is 19.3. The summed E-state index contributed by atoms with van der Waals surface area (Å²) in [5.41, 5.74) is 2.21. The molecule has 2 amide bonds. The molecule has 2 aliphatic rings. The summed E-state index contributed by atoms with van der Waals surface area (Å²) in [5.74, 6) is 0.139. The van der Waals surface area contributed by atoms with Crippen LogP contribution in [0.3, 0.4) is 0 Å². The molecule has 0 spiro atoms. The fourth-order valence-electron chi connectivity index (χ4n) is 3.47. The van der Waals surface area contributed by atoms with Gasteiger partial charge in [0.05, 0.1) is 17.8 Å². The number of benzene rings is 1. The summed E-state index contributed by atoms with van der Waals surface area (Å²) in [6.07, 6.45) is 4.23. The van der Waals surface area contributed by atoms with E-state index >= 15 is 0 Å². The minimum absolute atomic E-state index is 0.138. The Hall–Kier alpha value is -2.89. The van der Waals surface area contributed by atoms with Gasteiger partial charge < -0.3 is 15.5 Å². The predicted molar refractivity (Wildman–Crippen MR) is 96.7 cm³/mol. The van der Waals surface area contributed by atoms with Gasteiger partial charge in [0.15, 0.2) is 0 Å². The zero-order chi connectivity index (χ0) is 17.2. The highest BCUT2D eigenvalue weighted by atomic mass is 16.2. The van der Waals surface area contributed by atoms with Crippen LogP contribution in [-0.4, -0.2) is 29.9 Å². The first-order valence-electron chi connectivity index (χ1n) is 8.61. The zero-order valence-corrected chi connectivity index (χ0v) is 13.9. The number of carbonyl (C=O) groups is 2. The van der Waals surface area contributed by atoms with E-state index in [1.807, 2.05) is 36.4 Å². The Morgan fingerprint density at radius 1 is 1.16 bits per heavy atom. The molecule has 4 rings (SSSR count). The van der Waals surface area contributed by atoms with Crippen LogP contribution in [0.5, 0.6) is 0 Å². The lowest BCUT2D eigenvalue weighted by atomic mass is 9.90. The predicted octanol–water partition coefficient (Wildman–Crippen LogP) is 2.75. The molecule has 1 aromatic heterocycles. The van der Waals surface area contributed by atoms with Crippen molar-refractivity contribution < 1.29 is 9.59 Å². The summed E-state index contributed by atoms with van der Waals surface area (Å²) >= 11 is 0. The number of carbonyl (C=O) groups excluding carboxylic acids is 2. The van der Waals surface area contributed by atoms with Crippen molar-refractivity contribution in [3.8, 4) is 0 Å². The number of nitrogens with zero attached hydrogens (tertiary/aromatic N) is 2. The van der Waals surface area contributed by atoms with Crippen LogP contribution in [0.2, 0.25) is 0 Å². The number of anilines is 3. The van der Waals surface area contributed by atoms with Crippen LogP contribution in [0.1, 0.15) is 30.7 Å². The third-order valence-electron chi connectivity index (χ3n) is 4.76. The van der Waals surface area contributed by atoms with Gasteiger partial charge in [-0.3, -0.25) is 9.59 Å². The Labute approximate surface area is 146 Å². The molecule has 128 valence electrons. The van der Waals surface area contributed by atoms with Crippen molar-refractivity contribution in [3.05, 3.63) is 48.2 Å². The van der Waals surface area contributed by atoms with E-state index in [1.54, 1.807) is 6.20 Å². The topological polar surface area (TPSA) is 74.3 Å². The van der Waals surface area contributed by atoms with Gasteiger partial charge in [-0.25, -0.2) is 4.98 Å². The highest BCUT2D eigenvalue weighted by Crippen LogP contribution is 2.32. The largest absolute Gasteiger partial charge is 0.357 e. The molecule has 2 aromatic rings. The van der Waals surface area contributed by atoms with E-state index in [-0.39, 0.29) is 18.2 Å². The number of hydrogen-bond acceptors (Lipinski definition) is 4. The van der Waals surface area contributed by atoms with Gasteiger partial charge in [-0.15, -0.1) is 0 Å². The van der Waals surface area contributed by atoms with Crippen molar-refractivity contribution >= 4 is 29.0 Å². The number of nitrogens with one attached hydrogen (secondary N) is 2. The first kappa shape index (κ1) is 15.6. The van der Waals surface area contributed by atoms with E-state index in [9.17, 15) is 9.59 Å². The number of para-hydroxylation sites is 1. The number of pyridine rings is 1. The van der Waals surface area contributed by atoms with Gasteiger partial charge in [-0.05, 0) is 36.6 Å². The van der Waals surface area contributed by atoms with Crippen molar-refractivity contribution in [3.63, 3.8) is 0 Å². The van der Waals surface area contributed by atoms with Crippen LogP contribution >= 0.6 is 0 Å². The smallest absolute Gasteiger partial charge is 0.232 e. The van der Waals surface area contributed by atoms with Crippen LogP contribution in [0.15, 0.2) is 42.6 Å². The molecule has 1 atom stereocenters. The van der Waals surface area contributed by atoms with Gasteiger partial charge in [0, 0.05) is 25.2 Å². The maximum absolute atomic E-state index is 12.7. The van der Waals surface area contributed by atoms with Gasteiger partial charge in [-0.1, -0.05) is 18.2 Å². The quantitative estimate of drug-likeness (QED) is 0.904. The molecule has 25 heavy (non-hydrogen) atoms. The van der Waals surface area contributed by atoms with E-state index < -0.39 is 5.92 Å². The summed E-state index contributed by atoms with van der Waals surface area (Å²) in [6.45, 7) is 2.07. The Bertz CT molecular complexity index is 797. The molecule has 2 N–H and O–H groups in total. The molecular formula is C19H20N4O2. The van der Waals surface area contributed by atoms with Crippen LogP contribution in [0.25, 0.3) is 0 Å². The SMILES string of the molecule is O=C1C[C@H](C(=O)Nc2ccc(N3CCCC3)nc2)c2ccccc2N1. The second-order valence-electron chi connectivity index (χ2n) is 6.48. The summed E-state index contributed by atoms with van der Waals surface area (Å²) < 4.78 is 0. The van der Waals surface area contributed by atoms with E-state index in [0.717, 1.165) is 24.5 Å². The molecule has 0 bridgehead atoms. The summed E-state index contributed by atoms with van der Waals surface area (Å²) in [4.78, 5) is 31.3. The van der Waals surface area contributed by atoms with Crippen molar-refractivity contribution in [2.24, 2.45) is 0 Å². The highest BCUT2D eigenvalue weighted by molar-refractivity contribution is 6.05. The number of rotatable bonds is 3. The van der Waals surface area contributed by atoms with E-state index in [4.69, 9.17) is 0 Å². The first-order valence-corrected chi connectivity index (χ1v) is 8.61. The fourth-order valence-corrected chi connectivity index (χ4v) is 3.47. The molecule has 1 fully saturated rings. The third kappa shape index (κ3) is 3.20. The lowest BCUT2D eigenvalue weighted by Gasteiger charge is -2.24. The number of amides is 2. The van der Waals surface area contributed by atoms with Gasteiger partial charge in [0.2, 0.25) is 11.8 Å². The standard InChI is InChI=1S/C19H20N4O2/c24-18-11-15(14-5-1-2-6-16(14)22-18)19(25)21-13-7-8-17(20-12-13)23-9-3-4-10-23/h1-2,5-8,12,15H,3-4,9-11H2,(H,21,25)(H,22,24)/t15-/m0/s1. The monoisotopic (exact) mass is 336 g/mol. The lowest BCUT2D eigenvalue weighted by molar-refractivity contribution is -0.123. The molecule has 0 saturated carbocycles. The number of hydrogen-bond donors (Lipinski definition) is 2. The van der Waals surface area contributed by atoms with Gasteiger partial charge in [0.25, 0.3) is 0 Å². The van der Waals surface area contributed by atoms with Gasteiger partial charge in [-0.2, -0.15) is 0 Å². The lowest BCUT2D eigenvalue weighted by Crippen LogP contribution is -2.30. The molecule has 2 aliphatic heterocycles. The molecule has 6 nitrogen and oxygen atoms in total.